The summed E-state index contributed by atoms with van der Waals surface area (Å²) < 4.78 is 10.5. The fourth-order valence-electron chi connectivity index (χ4n) is 1.28. The number of rotatable bonds is 5. The van der Waals surface area contributed by atoms with Crippen molar-refractivity contribution >= 4 is 11.7 Å². The van der Waals surface area contributed by atoms with E-state index in [1.165, 1.54) is 0 Å². The Kier molecular flexibility index (Phi) is 3.73. The Labute approximate surface area is 104 Å². The zero-order valence-electron chi connectivity index (χ0n) is 10.3. The molecule has 7 heteroatoms. The molecule has 0 saturated heterocycles. The van der Waals surface area contributed by atoms with E-state index in [-0.39, 0.29) is 12.1 Å². The fraction of sp³-hybridized carbons (Fsp3) is 0.364. The quantitative estimate of drug-likeness (QED) is 0.830. The van der Waals surface area contributed by atoms with Crippen LogP contribution in [0.1, 0.15) is 25.8 Å². The molecule has 0 fully saturated rings. The fourth-order valence-corrected chi connectivity index (χ4v) is 1.28. The van der Waals surface area contributed by atoms with Crippen LogP contribution in [0.5, 0.6) is 5.88 Å². The Morgan fingerprint density at radius 2 is 2.28 bits per heavy atom. The highest BCUT2D eigenvalue weighted by Gasteiger charge is 2.09. The molecule has 2 rings (SSSR count). The van der Waals surface area contributed by atoms with Crippen molar-refractivity contribution in [3.63, 3.8) is 0 Å². The van der Waals surface area contributed by atoms with Crippen LogP contribution in [0.4, 0.5) is 11.7 Å². The van der Waals surface area contributed by atoms with Crippen molar-refractivity contribution in [1.29, 1.82) is 0 Å². The van der Waals surface area contributed by atoms with E-state index in [1.54, 1.807) is 19.2 Å². The predicted octanol–water partition coefficient (Wildman–Crippen LogP) is 1.63. The van der Waals surface area contributed by atoms with E-state index in [1.807, 2.05) is 13.0 Å². The number of anilines is 2. The molecule has 2 aromatic rings. The number of ether oxygens (including phenoxy) is 1. The van der Waals surface area contributed by atoms with Crippen molar-refractivity contribution in [2.75, 3.05) is 11.9 Å². The molecule has 0 aromatic carbocycles. The van der Waals surface area contributed by atoms with Gasteiger partial charge < -0.3 is 20.2 Å². The van der Waals surface area contributed by atoms with Crippen LogP contribution in [-0.2, 0) is 0 Å². The summed E-state index contributed by atoms with van der Waals surface area (Å²) in [5.41, 5.74) is 6.36. The molecule has 0 aliphatic rings. The molecule has 0 radical (unpaired) electrons. The van der Waals surface area contributed by atoms with Gasteiger partial charge >= 0.3 is 6.01 Å². The number of nitrogens with zero attached hydrogens (tertiary/aromatic N) is 3. The average Bonchev–Trinajstić information content (AvgIpc) is 2.81. The summed E-state index contributed by atoms with van der Waals surface area (Å²) in [5, 5.41) is 10.6. The number of hydrogen-bond acceptors (Lipinski definition) is 7. The number of hydrogen-bond donors (Lipinski definition) is 2. The Hall–Kier alpha value is -2.15. The Morgan fingerprint density at radius 3 is 2.83 bits per heavy atom. The molecular weight excluding hydrogens is 234 g/mol. The summed E-state index contributed by atoms with van der Waals surface area (Å²) in [6, 6.07) is 3.57. The standard InChI is InChI=1S/C11H15N5O2/c1-3-17-9-5-4-8(6-13-9)14-11-16-15-10(18-11)7(2)12/h4-7H,3,12H2,1-2H3,(H,14,16). The lowest BCUT2D eigenvalue weighted by Crippen LogP contribution is -2.04. The van der Waals surface area contributed by atoms with Crippen LogP contribution >= 0.6 is 0 Å². The number of nitrogens with two attached hydrogens (primary N) is 1. The third kappa shape index (κ3) is 2.95. The highest BCUT2D eigenvalue weighted by Crippen LogP contribution is 2.18. The van der Waals surface area contributed by atoms with Gasteiger partial charge in [0.1, 0.15) is 0 Å². The minimum absolute atomic E-state index is 0.285. The lowest BCUT2D eigenvalue weighted by molar-refractivity contribution is 0.327. The smallest absolute Gasteiger partial charge is 0.320 e. The second-order valence-corrected chi connectivity index (χ2v) is 3.68. The first-order valence-corrected chi connectivity index (χ1v) is 5.64. The first-order chi connectivity index (χ1) is 8.69. The second kappa shape index (κ2) is 5.46. The average molecular weight is 249 g/mol. The highest BCUT2D eigenvalue weighted by molar-refractivity contribution is 5.50. The third-order valence-electron chi connectivity index (χ3n) is 2.11. The van der Waals surface area contributed by atoms with Crippen molar-refractivity contribution in [2.45, 2.75) is 19.9 Å². The maximum absolute atomic E-state index is 5.62. The molecule has 96 valence electrons. The van der Waals surface area contributed by atoms with Gasteiger partial charge in [0.2, 0.25) is 11.8 Å². The maximum Gasteiger partial charge on any atom is 0.320 e. The van der Waals surface area contributed by atoms with Crippen molar-refractivity contribution < 1.29 is 9.15 Å². The topological polar surface area (TPSA) is 99.1 Å². The van der Waals surface area contributed by atoms with E-state index in [0.717, 1.165) is 5.69 Å². The lowest BCUT2D eigenvalue weighted by atomic mass is 10.4. The van der Waals surface area contributed by atoms with E-state index >= 15 is 0 Å². The van der Waals surface area contributed by atoms with E-state index in [0.29, 0.717) is 18.4 Å². The van der Waals surface area contributed by atoms with Gasteiger partial charge in [0.05, 0.1) is 24.5 Å². The summed E-state index contributed by atoms with van der Waals surface area (Å²) >= 11 is 0. The molecule has 2 aromatic heterocycles. The number of pyridine rings is 1. The van der Waals surface area contributed by atoms with Crippen LogP contribution in [-0.4, -0.2) is 21.8 Å². The Balaban J connectivity index is 2.03. The van der Waals surface area contributed by atoms with Gasteiger partial charge in [-0.1, -0.05) is 5.10 Å². The minimum atomic E-state index is -0.286. The SMILES string of the molecule is CCOc1ccc(Nc2nnc(C(C)N)o2)cn1. The molecule has 0 spiro atoms. The molecule has 0 saturated carbocycles. The van der Waals surface area contributed by atoms with E-state index in [9.17, 15) is 0 Å². The first kappa shape index (κ1) is 12.3. The monoisotopic (exact) mass is 249 g/mol. The van der Waals surface area contributed by atoms with Crippen molar-refractivity contribution in [3.8, 4) is 5.88 Å². The number of aromatic nitrogens is 3. The molecule has 3 N–H and O–H groups in total. The third-order valence-corrected chi connectivity index (χ3v) is 2.11. The zero-order chi connectivity index (χ0) is 13.0. The van der Waals surface area contributed by atoms with Crippen molar-refractivity contribution in [2.24, 2.45) is 5.73 Å². The van der Waals surface area contributed by atoms with Gasteiger partial charge in [0.25, 0.3) is 0 Å². The first-order valence-electron chi connectivity index (χ1n) is 5.64. The molecule has 2 heterocycles. The van der Waals surface area contributed by atoms with Crippen LogP contribution in [0.15, 0.2) is 22.7 Å². The summed E-state index contributed by atoms with van der Waals surface area (Å²) in [4.78, 5) is 4.11. The van der Waals surface area contributed by atoms with Crippen LogP contribution in [0.2, 0.25) is 0 Å². The van der Waals surface area contributed by atoms with Gasteiger partial charge in [-0.15, -0.1) is 5.10 Å². The molecule has 0 bridgehead atoms. The lowest BCUT2D eigenvalue weighted by Gasteiger charge is -2.03. The molecule has 0 aliphatic carbocycles. The zero-order valence-corrected chi connectivity index (χ0v) is 10.3. The van der Waals surface area contributed by atoms with Crippen molar-refractivity contribution in [1.82, 2.24) is 15.2 Å². The van der Waals surface area contributed by atoms with Gasteiger partial charge in [-0.2, -0.15) is 0 Å². The Morgan fingerprint density at radius 1 is 1.44 bits per heavy atom. The van der Waals surface area contributed by atoms with Gasteiger partial charge in [-0.25, -0.2) is 4.98 Å². The van der Waals surface area contributed by atoms with Crippen LogP contribution in [0.3, 0.4) is 0 Å². The summed E-state index contributed by atoms with van der Waals surface area (Å²) in [5.74, 6) is 0.959. The normalized spacial score (nSPS) is 12.2. The van der Waals surface area contributed by atoms with Gasteiger partial charge in [-0.05, 0) is 19.9 Å². The summed E-state index contributed by atoms with van der Waals surface area (Å²) in [7, 11) is 0. The van der Waals surface area contributed by atoms with Crippen LogP contribution < -0.4 is 15.8 Å². The second-order valence-electron chi connectivity index (χ2n) is 3.68. The molecule has 1 atom stereocenters. The molecule has 1 unspecified atom stereocenters. The van der Waals surface area contributed by atoms with E-state index in [2.05, 4.69) is 20.5 Å². The molecule has 7 nitrogen and oxygen atoms in total. The summed E-state index contributed by atoms with van der Waals surface area (Å²) in [6.45, 7) is 4.26. The van der Waals surface area contributed by atoms with Crippen LogP contribution in [0, 0.1) is 0 Å². The maximum atomic E-state index is 5.62. The van der Waals surface area contributed by atoms with Gasteiger partial charge in [0.15, 0.2) is 0 Å². The minimum Gasteiger partial charge on any atom is -0.478 e. The van der Waals surface area contributed by atoms with Gasteiger partial charge in [-0.3, -0.25) is 0 Å². The molecular formula is C11H15N5O2. The predicted molar refractivity (Wildman–Crippen MR) is 65.6 cm³/mol. The molecule has 0 aliphatic heterocycles. The van der Waals surface area contributed by atoms with Gasteiger partial charge in [0, 0.05) is 6.07 Å². The number of nitrogens with one attached hydrogen (secondary N) is 1. The Bertz CT molecular complexity index is 494. The van der Waals surface area contributed by atoms with E-state index in [4.69, 9.17) is 14.9 Å². The van der Waals surface area contributed by atoms with Crippen molar-refractivity contribution in [3.05, 3.63) is 24.2 Å². The van der Waals surface area contributed by atoms with E-state index < -0.39 is 0 Å². The van der Waals surface area contributed by atoms with Crippen LogP contribution in [0.25, 0.3) is 0 Å². The largest absolute Gasteiger partial charge is 0.478 e. The summed E-state index contributed by atoms with van der Waals surface area (Å²) in [6.07, 6.45) is 1.63. The molecule has 18 heavy (non-hydrogen) atoms. The molecule has 0 amide bonds. The highest BCUT2D eigenvalue weighted by atomic mass is 16.5.